The first-order chi connectivity index (χ1) is 13.6. The summed E-state index contributed by atoms with van der Waals surface area (Å²) in [5.74, 6) is 0.501. The lowest BCUT2D eigenvalue weighted by molar-refractivity contribution is 0.0949. The summed E-state index contributed by atoms with van der Waals surface area (Å²) < 4.78 is 9.29. The number of aromatic nitrogens is 5. The fourth-order valence-electron chi connectivity index (χ4n) is 3.44. The van der Waals surface area contributed by atoms with Crippen molar-refractivity contribution >= 4 is 29.4 Å². The van der Waals surface area contributed by atoms with Crippen LogP contribution < -0.4 is 10.8 Å². The smallest absolute Gasteiger partial charge is 0.229 e. The van der Waals surface area contributed by atoms with Gasteiger partial charge in [-0.15, -0.1) is 0 Å². The van der Waals surface area contributed by atoms with Gasteiger partial charge in [0.25, 0.3) is 0 Å². The number of anilines is 2. The number of ether oxygens (including phenoxy) is 1. The molecule has 4 rings (SSSR count). The highest BCUT2D eigenvalue weighted by Crippen LogP contribution is 2.22. The maximum Gasteiger partial charge on any atom is 0.229 e. The van der Waals surface area contributed by atoms with E-state index in [9.17, 15) is 0 Å². The number of hydrogen-bond donors (Lipinski definition) is 1. The average Bonchev–Trinajstić information content (AvgIpc) is 3.31. The van der Waals surface area contributed by atoms with Crippen LogP contribution in [0.2, 0.25) is 0 Å². The second kappa shape index (κ2) is 7.51. The highest BCUT2D eigenvalue weighted by Gasteiger charge is 2.19. The van der Waals surface area contributed by atoms with Crippen molar-refractivity contribution in [3.8, 4) is 0 Å². The highest BCUT2D eigenvalue weighted by molar-refractivity contribution is 5.78. The summed E-state index contributed by atoms with van der Waals surface area (Å²) >= 11 is 0. The Labute approximate surface area is 162 Å². The third-order valence-electron chi connectivity index (χ3n) is 4.96. The van der Waals surface area contributed by atoms with Gasteiger partial charge in [0.2, 0.25) is 5.95 Å². The first-order valence-electron chi connectivity index (χ1n) is 9.31. The zero-order chi connectivity index (χ0) is 19.7. The van der Waals surface area contributed by atoms with Gasteiger partial charge >= 0.3 is 0 Å². The fraction of sp³-hybridized carbons (Fsp3) is 0.421. The fourth-order valence-corrected chi connectivity index (χ4v) is 3.44. The van der Waals surface area contributed by atoms with Crippen LogP contribution in [-0.2, 0) is 11.3 Å². The van der Waals surface area contributed by atoms with E-state index >= 15 is 0 Å². The lowest BCUT2D eigenvalue weighted by atomic mass is 10.2. The molecule has 0 spiro atoms. The molecule has 1 saturated heterocycles. The molecule has 0 aliphatic carbocycles. The monoisotopic (exact) mass is 380 g/mol. The molecule has 1 aliphatic heterocycles. The molecule has 1 fully saturated rings. The van der Waals surface area contributed by atoms with Crippen molar-refractivity contribution in [3.63, 3.8) is 0 Å². The van der Waals surface area contributed by atoms with Gasteiger partial charge in [0.1, 0.15) is 5.49 Å². The van der Waals surface area contributed by atoms with E-state index in [0.29, 0.717) is 12.5 Å². The number of pyridine rings is 1. The molecule has 0 saturated carbocycles. The Morgan fingerprint density at radius 1 is 1.39 bits per heavy atom. The van der Waals surface area contributed by atoms with Gasteiger partial charge in [-0.25, -0.2) is 14.3 Å². The van der Waals surface area contributed by atoms with Crippen LogP contribution in [0.25, 0.3) is 11.0 Å². The number of rotatable bonds is 5. The van der Waals surface area contributed by atoms with Crippen molar-refractivity contribution in [2.45, 2.75) is 39.3 Å². The van der Waals surface area contributed by atoms with Crippen molar-refractivity contribution in [3.05, 3.63) is 35.2 Å². The second-order valence-electron chi connectivity index (χ2n) is 6.90. The molecule has 28 heavy (non-hydrogen) atoms. The van der Waals surface area contributed by atoms with Gasteiger partial charge in [-0.2, -0.15) is 15.2 Å². The molecule has 3 aromatic heterocycles. The largest absolute Gasteiger partial charge is 0.376 e. The Morgan fingerprint density at radius 3 is 2.96 bits per heavy atom. The molecule has 0 radical (unpaired) electrons. The van der Waals surface area contributed by atoms with Gasteiger partial charge in [0, 0.05) is 26.6 Å². The van der Waals surface area contributed by atoms with E-state index in [-0.39, 0.29) is 6.10 Å². The van der Waals surface area contributed by atoms with Gasteiger partial charge in [0.15, 0.2) is 5.65 Å². The molecule has 9 heteroatoms. The van der Waals surface area contributed by atoms with Crippen molar-refractivity contribution in [1.29, 1.82) is 0 Å². The number of nitrogens with zero attached hydrogens (tertiary/aromatic N) is 7. The molecule has 0 bridgehead atoms. The summed E-state index contributed by atoms with van der Waals surface area (Å²) in [4.78, 5) is 13.4. The standard InChI is InChI=1S/C19H24N8O/c1-12-8-17(20-3)26(21-4)11-16(12)23-19-22-9-15-13(2)25-27(18(15)24-19)10-14-6-5-7-28-14/h8-9,11,14H,4-7,10H2,1-3H3,(H,22,23,24)/b20-17-. The molecule has 4 heterocycles. The maximum absolute atomic E-state index is 5.76. The Hall–Kier alpha value is -3.07. The quantitative estimate of drug-likeness (QED) is 0.685. The molecule has 1 aliphatic rings. The van der Waals surface area contributed by atoms with Crippen LogP contribution in [0.5, 0.6) is 0 Å². The summed E-state index contributed by atoms with van der Waals surface area (Å²) in [7, 11) is 1.72. The van der Waals surface area contributed by atoms with Gasteiger partial charge in [-0.05, 0) is 38.3 Å². The lowest BCUT2D eigenvalue weighted by Crippen LogP contribution is -2.18. The molecular weight excluding hydrogens is 356 g/mol. The summed E-state index contributed by atoms with van der Waals surface area (Å²) in [5.41, 5.74) is 4.28. The van der Waals surface area contributed by atoms with E-state index in [0.717, 1.165) is 52.9 Å². The molecular formula is C19H24N8O. The van der Waals surface area contributed by atoms with E-state index < -0.39 is 0 Å². The van der Waals surface area contributed by atoms with Crippen molar-refractivity contribution < 1.29 is 4.74 Å². The van der Waals surface area contributed by atoms with Crippen LogP contribution in [0.15, 0.2) is 28.6 Å². The number of hydrogen-bond acceptors (Lipinski definition) is 7. The molecule has 9 nitrogen and oxygen atoms in total. The number of fused-ring (bicyclic) bond motifs is 1. The van der Waals surface area contributed by atoms with Crippen LogP contribution in [0.4, 0.5) is 11.6 Å². The van der Waals surface area contributed by atoms with Gasteiger partial charge in [0.05, 0.1) is 35.6 Å². The Bertz CT molecular complexity index is 1090. The molecule has 1 unspecified atom stereocenters. The van der Waals surface area contributed by atoms with E-state index in [2.05, 4.69) is 32.2 Å². The third kappa shape index (κ3) is 3.40. The van der Waals surface area contributed by atoms with Crippen LogP contribution in [0, 0.1) is 13.8 Å². The second-order valence-corrected chi connectivity index (χ2v) is 6.90. The predicted molar refractivity (Wildman–Crippen MR) is 108 cm³/mol. The van der Waals surface area contributed by atoms with Crippen LogP contribution in [0.3, 0.4) is 0 Å². The maximum atomic E-state index is 5.76. The first-order valence-corrected chi connectivity index (χ1v) is 9.31. The zero-order valence-corrected chi connectivity index (χ0v) is 16.4. The number of aryl methyl sites for hydroxylation is 2. The zero-order valence-electron chi connectivity index (χ0n) is 16.4. The predicted octanol–water partition coefficient (Wildman–Crippen LogP) is 2.16. The van der Waals surface area contributed by atoms with Crippen molar-refractivity contribution in [1.82, 2.24) is 24.4 Å². The molecule has 0 aromatic carbocycles. The van der Waals surface area contributed by atoms with E-state index in [1.165, 1.54) is 0 Å². The van der Waals surface area contributed by atoms with Crippen LogP contribution >= 0.6 is 0 Å². The van der Waals surface area contributed by atoms with E-state index in [1.807, 2.05) is 37.0 Å². The summed E-state index contributed by atoms with van der Waals surface area (Å²) in [6.07, 6.45) is 5.98. The molecule has 146 valence electrons. The first kappa shape index (κ1) is 18.3. The molecule has 3 aromatic rings. The van der Waals surface area contributed by atoms with Gasteiger partial charge in [-0.3, -0.25) is 4.99 Å². The minimum atomic E-state index is 0.194. The SMILES string of the molecule is C=Nn1cc(Nc2ncc3c(C)nn(CC4CCCO4)c3n2)c(C)c/c1=N/C. The Kier molecular flexibility index (Phi) is 4.91. The highest BCUT2D eigenvalue weighted by atomic mass is 16.5. The number of nitrogens with one attached hydrogen (secondary N) is 1. The van der Waals surface area contributed by atoms with Gasteiger partial charge in [-0.1, -0.05) is 0 Å². The lowest BCUT2D eigenvalue weighted by Gasteiger charge is -2.12. The van der Waals surface area contributed by atoms with Crippen LogP contribution in [0.1, 0.15) is 24.1 Å². The van der Waals surface area contributed by atoms with Crippen molar-refractivity contribution in [2.24, 2.45) is 10.1 Å². The van der Waals surface area contributed by atoms with Gasteiger partial charge < -0.3 is 10.1 Å². The summed E-state index contributed by atoms with van der Waals surface area (Å²) in [6, 6.07) is 1.93. The van der Waals surface area contributed by atoms with E-state index in [4.69, 9.17) is 9.72 Å². The Morgan fingerprint density at radius 2 is 2.25 bits per heavy atom. The molecule has 1 atom stereocenters. The average molecular weight is 380 g/mol. The normalized spacial score (nSPS) is 17.4. The van der Waals surface area contributed by atoms with Crippen molar-refractivity contribution in [2.75, 3.05) is 19.0 Å². The topological polar surface area (TPSA) is 94.5 Å². The summed E-state index contributed by atoms with van der Waals surface area (Å²) in [6.45, 7) is 9.08. The Balaban J connectivity index is 1.69. The molecule has 0 amide bonds. The minimum Gasteiger partial charge on any atom is -0.376 e. The minimum absolute atomic E-state index is 0.194. The third-order valence-corrected chi connectivity index (χ3v) is 4.96. The molecule has 1 N–H and O–H groups in total. The van der Waals surface area contributed by atoms with E-state index in [1.54, 1.807) is 11.7 Å². The van der Waals surface area contributed by atoms with Crippen LogP contribution in [-0.4, -0.2) is 50.9 Å². The summed E-state index contributed by atoms with van der Waals surface area (Å²) in [5, 5.41) is 12.8.